The Balaban J connectivity index is 1.75. The highest BCUT2D eigenvalue weighted by Crippen LogP contribution is 2.31. The number of anilines is 3. The molecule has 3 aromatic rings. The Bertz CT molecular complexity index is 1090. The third-order valence-corrected chi connectivity index (χ3v) is 4.94. The van der Waals surface area contributed by atoms with Crippen LogP contribution in [0.2, 0.25) is 0 Å². The Labute approximate surface area is 165 Å². The molecule has 10 nitrogen and oxygen atoms in total. The molecule has 3 heterocycles. The monoisotopic (exact) mass is 395 g/mol. The summed E-state index contributed by atoms with van der Waals surface area (Å²) in [6.07, 6.45) is 7.83. The molecule has 29 heavy (non-hydrogen) atoms. The Morgan fingerprint density at radius 3 is 2.83 bits per heavy atom. The Kier molecular flexibility index (Phi) is 5.09. The first kappa shape index (κ1) is 18.8. The first-order chi connectivity index (χ1) is 14.0. The van der Waals surface area contributed by atoms with Crippen LogP contribution >= 0.6 is 0 Å². The van der Waals surface area contributed by atoms with E-state index in [1.54, 1.807) is 30.7 Å². The maximum absolute atomic E-state index is 13.0. The fourth-order valence-electron chi connectivity index (χ4n) is 3.45. The van der Waals surface area contributed by atoms with Gasteiger partial charge in [0.2, 0.25) is 5.91 Å². The molecule has 1 aliphatic carbocycles. The average Bonchev–Trinajstić information content (AvgIpc) is 2.67. The molecule has 5 N–H and O–H groups in total. The molecule has 0 atom stereocenters. The van der Waals surface area contributed by atoms with Crippen molar-refractivity contribution in [1.29, 1.82) is 0 Å². The van der Waals surface area contributed by atoms with Crippen molar-refractivity contribution in [2.75, 3.05) is 17.2 Å². The number of hydrogen-bond donors (Lipinski definition) is 4. The van der Waals surface area contributed by atoms with Crippen LogP contribution in [0.15, 0.2) is 41.7 Å². The second-order valence-corrected chi connectivity index (χ2v) is 7.11. The van der Waals surface area contributed by atoms with Crippen molar-refractivity contribution in [2.45, 2.75) is 25.4 Å². The number of carbonyl (C=O) groups excluding carboxylic acids is 1. The topological polar surface area (TPSA) is 148 Å². The molecule has 0 aliphatic heterocycles. The molecule has 150 valence electrons. The molecule has 0 spiro atoms. The van der Waals surface area contributed by atoms with Gasteiger partial charge in [0.05, 0.1) is 11.6 Å². The summed E-state index contributed by atoms with van der Waals surface area (Å²) < 4.78 is 1.27. The molecule has 0 radical (unpaired) electrons. The van der Waals surface area contributed by atoms with Gasteiger partial charge in [-0.05, 0) is 36.3 Å². The fourth-order valence-corrected chi connectivity index (χ4v) is 3.45. The maximum Gasteiger partial charge on any atom is 0.262 e. The smallest absolute Gasteiger partial charge is 0.262 e. The number of nitrogens with zero attached hydrogens (tertiary/aromatic N) is 4. The van der Waals surface area contributed by atoms with Crippen LogP contribution in [0.1, 0.15) is 12.8 Å². The molecular formula is C19H21N7O3. The lowest BCUT2D eigenvalue weighted by molar-refractivity contribution is -0.118. The van der Waals surface area contributed by atoms with Crippen LogP contribution in [0.5, 0.6) is 0 Å². The zero-order chi connectivity index (χ0) is 20.4. The van der Waals surface area contributed by atoms with Gasteiger partial charge in [0.25, 0.3) is 5.56 Å². The highest BCUT2D eigenvalue weighted by molar-refractivity contribution is 5.93. The van der Waals surface area contributed by atoms with Crippen LogP contribution in [-0.2, 0) is 11.3 Å². The van der Waals surface area contributed by atoms with Crippen molar-refractivity contribution in [2.24, 2.45) is 11.7 Å². The summed E-state index contributed by atoms with van der Waals surface area (Å²) in [7, 11) is 0. The number of fused-ring (bicyclic) bond motifs is 1. The molecule has 3 aromatic heterocycles. The number of rotatable bonds is 7. The molecule has 1 amide bonds. The van der Waals surface area contributed by atoms with Gasteiger partial charge >= 0.3 is 0 Å². The normalized spacial score (nSPS) is 18.2. The Morgan fingerprint density at radius 1 is 1.31 bits per heavy atom. The number of carbonyl (C=O) groups is 1. The van der Waals surface area contributed by atoms with Crippen molar-refractivity contribution in [3.05, 3.63) is 47.3 Å². The quantitative estimate of drug-likeness (QED) is 0.454. The number of pyridine rings is 2. The molecule has 1 fully saturated rings. The van der Waals surface area contributed by atoms with E-state index in [9.17, 15) is 14.7 Å². The zero-order valence-corrected chi connectivity index (χ0v) is 15.6. The van der Waals surface area contributed by atoms with Gasteiger partial charge in [0.1, 0.15) is 24.0 Å². The van der Waals surface area contributed by atoms with Gasteiger partial charge in [-0.3, -0.25) is 14.6 Å². The number of nitrogens with one attached hydrogen (secondary N) is 2. The van der Waals surface area contributed by atoms with Gasteiger partial charge in [-0.1, -0.05) is 0 Å². The van der Waals surface area contributed by atoms with Crippen LogP contribution in [0.4, 0.5) is 17.5 Å². The van der Waals surface area contributed by atoms with E-state index in [-0.39, 0.29) is 30.7 Å². The highest BCUT2D eigenvalue weighted by atomic mass is 16.3. The Hall–Kier alpha value is -3.53. The maximum atomic E-state index is 13.0. The highest BCUT2D eigenvalue weighted by Gasteiger charge is 2.29. The van der Waals surface area contributed by atoms with Crippen molar-refractivity contribution < 1.29 is 9.90 Å². The second kappa shape index (κ2) is 7.84. The summed E-state index contributed by atoms with van der Waals surface area (Å²) in [5.41, 5.74) is 4.90. The van der Waals surface area contributed by atoms with Gasteiger partial charge in [-0.25, -0.2) is 9.97 Å². The SMILES string of the molecule is NC(=O)Cn1ccc2cc(Nc3cnccn3)nc(N[C@H]3C[C@@H](CO)C3)c2c1=O. The van der Waals surface area contributed by atoms with Crippen LogP contribution in [0.25, 0.3) is 10.8 Å². The summed E-state index contributed by atoms with van der Waals surface area (Å²) in [6, 6.07) is 3.59. The molecule has 0 unspecified atom stereocenters. The lowest BCUT2D eigenvalue weighted by Gasteiger charge is -2.35. The fraction of sp³-hybridized carbons (Fsp3) is 0.316. The van der Waals surface area contributed by atoms with E-state index in [4.69, 9.17) is 5.73 Å². The minimum Gasteiger partial charge on any atom is -0.396 e. The van der Waals surface area contributed by atoms with E-state index in [0.29, 0.717) is 28.2 Å². The van der Waals surface area contributed by atoms with Gasteiger partial charge in [0.15, 0.2) is 0 Å². The number of amides is 1. The lowest BCUT2D eigenvalue weighted by atomic mass is 9.81. The van der Waals surface area contributed by atoms with Crippen molar-refractivity contribution in [1.82, 2.24) is 19.5 Å². The molecule has 1 saturated carbocycles. The second-order valence-electron chi connectivity index (χ2n) is 7.11. The minimum atomic E-state index is -0.598. The summed E-state index contributed by atoms with van der Waals surface area (Å²) in [5.74, 6) is 1.10. The van der Waals surface area contributed by atoms with Crippen LogP contribution in [0.3, 0.4) is 0 Å². The molecule has 0 bridgehead atoms. The summed E-state index contributed by atoms with van der Waals surface area (Å²) >= 11 is 0. The number of aliphatic hydroxyl groups is 1. The minimum absolute atomic E-state index is 0.110. The van der Waals surface area contributed by atoms with E-state index < -0.39 is 5.91 Å². The predicted octanol–water partition coefficient (Wildman–Crippen LogP) is 0.598. The van der Waals surface area contributed by atoms with Gasteiger partial charge in [-0.2, -0.15) is 0 Å². The molecule has 0 aromatic carbocycles. The van der Waals surface area contributed by atoms with Crippen molar-refractivity contribution >= 4 is 34.1 Å². The third kappa shape index (κ3) is 4.02. The number of hydrogen-bond acceptors (Lipinski definition) is 8. The largest absolute Gasteiger partial charge is 0.396 e. The number of aliphatic hydroxyl groups excluding tert-OH is 1. The summed E-state index contributed by atoms with van der Waals surface area (Å²) in [5, 5.41) is 16.7. The van der Waals surface area contributed by atoms with E-state index in [0.717, 1.165) is 12.8 Å². The van der Waals surface area contributed by atoms with Gasteiger partial charge in [0, 0.05) is 31.2 Å². The summed E-state index contributed by atoms with van der Waals surface area (Å²) in [4.78, 5) is 37.0. The first-order valence-corrected chi connectivity index (χ1v) is 9.26. The molecule has 10 heteroatoms. The zero-order valence-electron chi connectivity index (χ0n) is 15.6. The van der Waals surface area contributed by atoms with Crippen LogP contribution in [-0.4, -0.2) is 43.2 Å². The van der Waals surface area contributed by atoms with E-state index in [1.165, 1.54) is 10.8 Å². The summed E-state index contributed by atoms with van der Waals surface area (Å²) in [6.45, 7) is -0.0596. The van der Waals surface area contributed by atoms with Gasteiger partial charge in [-0.15, -0.1) is 0 Å². The predicted molar refractivity (Wildman–Crippen MR) is 108 cm³/mol. The third-order valence-electron chi connectivity index (χ3n) is 4.94. The van der Waals surface area contributed by atoms with E-state index in [1.807, 2.05) is 0 Å². The molecule has 4 rings (SSSR count). The van der Waals surface area contributed by atoms with E-state index in [2.05, 4.69) is 25.6 Å². The van der Waals surface area contributed by atoms with Crippen LogP contribution < -0.4 is 21.9 Å². The lowest BCUT2D eigenvalue weighted by Crippen LogP contribution is -2.38. The van der Waals surface area contributed by atoms with Gasteiger partial charge < -0.3 is 26.0 Å². The van der Waals surface area contributed by atoms with Crippen LogP contribution in [0, 0.1) is 5.92 Å². The molecular weight excluding hydrogens is 374 g/mol. The standard InChI is InChI=1S/C19H21N7O3/c20-14(28)9-26-4-1-12-7-15(24-16-8-21-2-3-22-16)25-18(17(12)19(26)29)23-13-5-11(6-13)10-27/h1-4,7-8,11,13,27H,5-6,9-10H2,(H2,20,28)(H2,22,23,24,25)/t11-,13+. The first-order valence-electron chi connectivity index (χ1n) is 9.26. The number of aromatic nitrogens is 4. The van der Waals surface area contributed by atoms with Crippen molar-refractivity contribution in [3.8, 4) is 0 Å². The molecule has 1 aliphatic rings. The van der Waals surface area contributed by atoms with Crippen molar-refractivity contribution in [3.63, 3.8) is 0 Å². The average molecular weight is 395 g/mol. The van der Waals surface area contributed by atoms with E-state index >= 15 is 0 Å². The number of primary amides is 1. The Morgan fingerprint density at radius 2 is 2.14 bits per heavy atom. The molecule has 0 saturated heterocycles. The number of nitrogens with two attached hydrogens (primary N) is 1.